The summed E-state index contributed by atoms with van der Waals surface area (Å²) in [5, 5.41) is 3.97. The van der Waals surface area contributed by atoms with Gasteiger partial charge in [-0.25, -0.2) is 12.8 Å². The van der Waals surface area contributed by atoms with E-state index < -0.39 is 15.8 Å². The summed E-state index contributed by atoms with van der Waals surface area (Å²) >= 11 is 0. The van der Waals surface area contributed by atoms with Crippen LogP contribution in [0.5, 0.6) is 0 Å². The van der Waals surface area contributed by atoms with E-state index in [1.807, 2.05) is 6.07 Å². The molecule has 0 spiro atoms. The highest BCUT2D eigenvalue weighted by Crippen LogP contribution is 2.38. The average molecular weight is 373 g/mol. The van der Waals surface area contributed by atoms with Crippen LogP contribution in [0.3, 0.4) is 0 Å². The quantitative estimate of drug-likeness (QED) is 0.715. The van der Waals surface area contributed by atoms with Crippen molar-refractivity contribution in [3.8, 4) is 0 Å². The molecular weight excluding hydrogens is 357 g/mol. The predicted octanol–water partition coefficient (Wildman–Crippen LogP) is 3.48. The van der Waals surface area contributed by atoms with Gasteiger partial charge in [0, 0.05) is 5.92 Å². The summed E-state index contributed by atoms with van der Waals surface area (Å²) in [7, 11) is -3.83. The minimum atomic E-state index is -3.83. The fraction of sp³-hybridized carbons (Fsp3) is 0.222. The smallest absolute Gasteiger partial charge is 0.261 e. The van der Waals surface area contributed by atoms with Crippen molar-refractivity contribution in [3.05, 3.63) is 71.6 Å². The lowest BCUT2D eigenvalue weighted by atomic mass is 10.1. The molecule has 0 unspecified atom stereocenters. The zero-order valence-corrected chi connectivity index (χ0v) is 14.5. The number of nitrogens with one attached hydrogen (secondary N) is 1. The summed E-state index contributed by atoms with van der Waals surface area (Å²) in [6.07, 6.45) is 2.47. The van der Waals surface area contributed by atoms with Gasteiger partial charge < -0.3 is 4.52 Å². The molecule has 6 nitrogen and oxygen atoms in total. The molecule has 26 heavy (non-hydrogen) atoms. The van der Waals surface area contributed by atoms with Crippen LogP contribution in [-0.4, -0.2) is 18.6 Å². The Morgan fingerprint density at radius 1 is 1.12 bits per heavy atom. The number of sulfonamides is 1. The number of benzene rings is 2. The predicted molar refractivity (Wildman–Crippen MR) is 92.7 cm³/mol. The minimum absolute atomic E-state index is 0.0116. The average Bonchev–Trinajstić information content (AvgIpc) is 3.36. The van der Waals surface area contributed by atoms with Crippen molar-refractivity contribution < 1.29 is 17.3 Å². The molecular formula is C18H16FN3O3S. The van der Waals surface area contributed by atoms with Crippen LogP contribution in [0.25, 0.3) is 0 Å². The van der Waals surface area contributed by atoms with Gasteiger partial charge in [0.05, 0.1) is 17.0 Å². The lowest BCUT2D eigenvalue weighted by Crippen LogP contribution is -2.14. The van der Waals surface area contributed by atoms with Crippen molar-refractivity contribution in [1.29, 1.82) is 0 Å². The van der Waals surface area contributed by atoms with Crippen molar-refractivity contribution in [2.75, 3.05) is 4.72 Å². The molecule has 134 valence electrons. The third-order valence-corrected chi connectivity index (χ3v) is 5.54. The zero-order chi connectivity index (χ0) is 18.1. The molecule has 4 rings (SSSR count). The summed E-state index contributed by atoms with van der Waals surface area (Å²) < 4.78 is 45.9. The van der Waals surface area contributed by atoms with E-state index in [1.54, 1.807) is 18.2 Å². The topological polar surface area (TPSA) is 85.1 Å². The molecule has 1 N–H and O–H groups in total. The van der Waals surface area contributed by atoms with E-state index in [-0.39, 0.29) is 4.90 Å². The maximum absolute atomic E-state index is 13.0. The first kappa shape index (κ1) is 16.7. The van der Waals surface area contributed by atoms with Crippen molar-refractivity contribution in [3.63, 3.8) is 0 Å². The largest absolute Gasteiger partial charge is 0.339 e. The Balaban J connectivity index is 1.57. The Labute approximate surface area is 150 Å². The summed E-state index contributed by atoms with van der Waals surface area (Å²) in [4.78, 5) is 4.36. The number of para-hydroxylation sites is 1. The van der Waals surface area contributed by atoms with Crippen molar-refractivity contribution in [2.45, 2.75) is 30.1 Å². The number of aromatic nitrogens is 2. The minimum Gasteiger partial charge on any atom is -0.339 e. The van der Waals surface area contributed by atoms with E-state index in [0.717, 1.165) is 25.0 Å². The molecule has 1 saturated carbocycles. The highest BCUT2D eigenvalue weighted by molar-refractivity contribution is 7.92. The summed E-state index contributed by atoms with van der Waals surface area (Å²) in [5.74, 6) is 1.05. The molecule has 0 aliphatic heterocycles. The van der Waals surface area contributed by atoms with Crippen molar-refractivity contribution in [1.82, 2.24) is 10.1 Å². The monoisotopic (exact) mass is 373 g/mol. The van der Waals surface area contributed by atoms with Gasteiger partial charge >= 0.3 is 0 Å². The standard InChI is InChI=1S/C18H16FN3O3S/c19-14-7-9-15(10-8-14)26(23,24)22-16-4-2-1-3-13(16)11-17-20-18(21-25-17)12-5-6-12/h1-4,7-10,12,22H,5-6,11H2. The van der Waals surface area contributed by atoms with Crippen LogP contribution in [0.4, 0.5) is 10.1 Å². The van der Waals surface area contributed by atoms with Gasteiger partial charge in [0.25, 0.3) is 10.0 Å². The first-order chi connectivity index (χ1) is 12.5. The number of anilines is 1. The summed E-state index contributed by atoms with van der Waals surface area (Å²) in [6, 6.07) is 11.7. The van der Waals surface area contributed by atoms with Crippen LogP contribution in [0.15, 0.2) is 57.9 Å². The lowest BCUT2D eigenvalue weighted by Gasteiger charge is -2.11. The molecule has 0 saturated heterocycles. The van der Waals surface area contributed by atoms with E-state index in [4.69, 9.17) is 4.52 Å². The highest BCUT2D eigenvalue weighted by atomic mass is 32.2. The van der Waals surface area contributed by atoms with Crippen LogP contribution in [0.2, 0.25) is 0 Å². The molecule has 1 fully saturated rings. The first-order valence-electron chi connectivity index (χ1n) is 8.20. The van der Waals surface area contributed by atoms with Crippen molar-refractivity contribution in [2.24, 2.45) is 0 Å². The Hall–Kier alpha value is -2.74. The molecule has 3 aromatic rings. The fourth-order valence-corrected chi connectivity index (χ4v) is 3.70. The molecule has 8 heteroatoms. The van der Waals surface area contributed by atoms with Gasteiger partial charge in [0.15, 0.2) is 5.82 Å². The van der Waals surface area contributed by atoms with E-state index in [9.17, 15) is 12.8 Å². The van der Waals surface area contributed by atoms with Gasteiger partial charge in [0.2, 0.25) is 5.89 Å². The third kappa shape index (κ3) is 3.60. The molecule has 2 aromatic carbocycles. The third-order valence-electron chi connectivity index (χ3n) is 4.15. The number of hydrogen-bond acceptors (Lipinski definition) is 5. The molecule has 0 amide bonds. The highest BCUT2D eigenvalue weighted by Gasteiger charge is 2.28. The lowest BCUT2D eigenvalue weighted by molar-refractivity contribution is 0.379. The SMILES string of the molecule is O=S(=O)(Nc1ccccc1Cc1nc(C2CC2)no1)c1ccc(F)cc1. The second-order valence-electron chi connectivity index (χ2n) is 6.21. The Bertz CT molecular complexity index is 1030. The van der Waals surface area contributed by atoms with Crippen LogP contribution >= 0.6 is 0 Å². The van der Waals surface area contributed by atoms with Gasteiger partial charge in [-0.3, -0.25) is 4.72 Å². The van der Waals surface area contributed by atoms with E-state index in [1.165, 1.54) is 12.1 Å². The summed E-state index contributed by atoms with van der Waals surface area (Å²) in [5.41, 5.74) is 1.13. The maximum Gasteiger partial charge on any atom is 0.261 e. The van der Waals surface area contributed by atoms with Gasteiger partial charge in [-0.1, -0.05) is 23.4 Å². The Morgan fingerprint density at radius 3 is 2.58 bits per heavy atom. The Kier molecular flexibility index (Phi) is 4.20. The second kappa shape index (κ2) is 6.53. The second-order valence-corrected chi connectivity index (χ2v) is 7.90. The number of halogens is 1. The van der Waals surface area contributed by atoms with E-state index in [0.29, 0.717) is 35.3 Å². The molecule has 1 aliphatic carbocycles. The van der Waals surface area contributed by atoms with Gasteiger partial charge in [0.1, 0.15) is 5.82 Å². The van der Waals surface area contributed by atoms with Crippen LogP contribution in [0.1, 0.15) is 36.0 Å². The van der Waals surface area contributed by atoms with Crippen LogP contribution in [0, 0.1) is 5.82 Å². The van der Waals surface area contributed by atoms with E-state index in [2.05, 4.69) is 14.9 Å². The van der Waals surface area contributed by atoms with Gasteiger partial charge in [-0.15, -0.1) is 0 Å². The molecule has 0 bridgehead atoms. The molecule has 0 radical (unpaired) electrons. The maximum atomic E-state index is 13.0. The molecule has 1 heterocycles. The molecule has 0 atom stereocenters. The summed E-state index contributed by atoms with van der Waals surface area (Å²) in [6.45, 7) is 0. The van der Waals surface area contributed by atoms with Gasteiger partial charge in [-0.05, 0) is 48.7 Å². The van der Waals surface area contributed by atoms with Gasteiger partial charge in [-0.2, -0.15) is 4.98 Å². The molecule has 1 aromatic heterocycles. The fourth-order valence-electron chi connectivity index (χ4n) is 2.60. The van der Waals surface area contributed by atoms with Crippen LogP contribution in [-0.2, 0) is 16.4 Å². The first-order valence-corrected chi connectivity index (χ1v) is 9.68. The van der Waals surface area contributed by atoms with E-state index >= 15 is 0 Å². The number of rotatable bonds is 6. The van der Waals surface area contributed by atoms with Crippen molar-refractivity contribution >= 4 is 15.7 Å². The Morgan fingerprint density at radius 2 is 1.85 bits per heavy atom. The number of nitrogens with zero attached hydrogens (tertiary/aromatic N) is 2. The molecule has 1 aliphatic rings. The van der Waals surface area contributed by atoms with Crippen LogP contribution < -0.4 is 4.72 Å². The zero-order valence-electron chi connectivity index (χ0n) is 13.7. The normalized spacial score (nSPS) is 14.3. The number of hydrogen-bond donors (Lipinski definition) is 1.